The summed E-state index contributed by atoms with van der Waals surface area (Å²) in [6.07, 6.45) is 14.5. The van der Waals surface area contributed by atoms with E-state index < -0.39 is 0 Å². The Hall–Kier alpha value is -3.48. The fourth-order valence-electron chi connectivity index (χ4n) is 5.95. The molecule has 6 rings (SSSR count). The lowest BCUT2D eigenvalue weighted by Gasteiger charge is -2.22. The zero-order valence-corrected chi connectivity index (χ0v) is 21.3. The lowest BCUT2D eigenvalue weighted by molar-refractivity contribution is 0.389. The first kappa shape index (κ1) is 23.0. The van der Waals surface area contributed by atoms with Crippen molar-refractivity contribution in [3.8, 4) is 22.5 Å². The van der Waals surface area contributed by atoms with E-state index in [2.05, 4.69) is 52.4 Å². The number of anilines is 2. The van der Waals surface area contributed by atoms with Crippen molar-refractivity contribution in [2.24, 2.45) is 13.0 Å². The number of fused-ring (bicyclic) bond motifs is 3. The summed E-state index contributed by atoms with van der Waals surface area (Å²) in [6, 6.07) is 12.5. The molecule has 2 aliphatic rings. The van der Waals surface area contributed by atoms with Gasteiger partial charge in [0, 0.05) is 48.7 Å². The van der Waals surface area contributed by atoms with Gasteiger partial charge in [-0.05, 0) is 24.7 Å². The number of benzene rings is 1. The molecule has 36 heavy (non-hydrogen) atoms. The quantitative estimate of drug-likeness (QED) is 0.318. The highest BCUT2D eigenvalue weighted by atomic mass is 15.3. The van der Waals surface area contributed by atoms with E-state index in [1.807, 2.05) is 30.1 Å². The van der Waals surface area contributed by atoms with Crippen LogP contribution in [0, 0.1) is 5.92 Å². The molecule has 0 radical (unpaired) electrons. The molecule has 0 amide bonds. The predicted molar refractivity (Wildman–Crippen MR) is 143 cm³/mol. The van der Waals surface area contributed by atoms with Crippen molar-refractivity contribution in [2.45, 2.75) is 70.8 Å². The molecule has 186 valence electrons. The van der Waals surface area contributed by atoms with Crippen molar-refractivity contribution in [3.05, 3.63) is 60.0 Å². The highest BCUT2D eigenvalue weighted by Gasteiger charge is 2.30. The van der Waals surface area contributed by atoms with Gasteiger partial charge in [-0.2, -0.15) is 10.2 Å². The Labute approximate surface area is 213 Å². The Morgan fingerprint density at radius 3 is 2.61 bits per heavy atom. The maximum absolute atomic E-state index is 5.01. The molecular weight excluding hydrogens is 446 g/mol. The first-order chi connectivity index (χ1) is 17.7. The second kappa shape index (κ2) is 9.88. The molecule has 1 saturated carbocycles. The molecule has 4 aromatic rings. The Bertz CT molecular complexity index is 1330. The lowest BCUT2D eigenvalue weighted by Crippen LogP contribution is -2.12. The van der Waals surface area contributed by atoms with Crippen molar-refractivity contribution >= 4 is 11.8 Å². The smallest absolute Gasteiger partial charge is 0.228 e. The summed E-state index contributed by atoms with van der Waals surface area (Å²) in [4.78, 5) is 9.67. The Morgan fingerprint density at radius 2 is 1.81 bits per heavy atom. The third-order valence-corrected chi connectivity index (χ3v) is 7.87. The largest absolute Gasteiger partial charge is 0.307 e. The zero-order valence-electron chi connectivity index (χ0n) is 21.3. The van der Waals surface area contributed by atoms with Gasteiger partial charge in [-0.25, -0.2) is 9.97 Å². The predicted octanol–water partition coefficient (Wildman–Crippen LogP) is 6.50. The van der Waals surface area contributed by atoms with Crippen LogP contribution in [-0.4, -0.2) is 29.5 Å². The van der Waals surface area contributed by atoms with Crippen LogP contribution in [0.4, 0.5) is 11.8 Å². The number of hydrogen-bond acceptors (Lipinski definition) is 5. The van der Waals surface area contributed by atoms with E-state index in [0.717, 1.165) is 52.9 Å². The molecule has 2 aliphatic carbocycles. The van der Waals surface area contributed by atoms with Gasteiger partial charge in [0.05, 0.1) is 17.1 Å². The highest BCUT2D eigenvalue weighted by molar-refractivity contribution is 5.84. The molecule has 7 heteroatoms. The summed E-state index contributed by atoms with van der Waals surface area (Å²) < 4.78 is 4.05. The second-order valence-electron chi connectivity index (χ2n) is 10.5. The summed E-state index contributed by atoms with van der Waals surface area (Å²) in [5.74, 6) is 2.52. The van der Waals surface area contributed by atoms with Crippen molar-refractivity contribution in [1.29, 1.82) is 0 Å². The summed E-state index contributed by atoms with van der Waals surface area (Å²) >= 11 is 0. The van der Waals surface area contributed by atoms with Gasteiger partial charge in [-0.1, -0.05) is 75.8 Å². The molecule has 0 spiro atoms. The van der Waals surface area contributed by atoms with Crippen LogP contribution >= 0.6 is 0 Å². The van der Waals surface area contributed by atoms with Gasteiger partial charge in [0.1, 0.15) is 0 Å². The van der Waals surface area contributed by atoms with Crippen LogP contribution in [0.3, 0.4) is 0 Å². The number of hydrogen-bond donors (Lipinski definition) is 1. The van der Waals surface area contributed by atoms with Gasteiger partial charge in [0.25, 0.3) is 0 Å². The van der Waals surface area contributed by atoms with E-state index in [0.29, 0.717) is 11.9 Å². The normalized spacial score (nSPS) is 17.9. The minimum absolute atomic E-state index is 0.322. The third-order valence-electron chi connectivity index (χ3n) is 7.87. The fourth-order valence-corrected chi connectivity index (χ4v) is 5.95. The number of nitrogens with zero attached hydrogens (tertiary/aromatic N) is 6. The van der Waals surface area contributed by atoms with Gasteiger partial charge in [-0.15, -0.1) is 0 Å². The van der Waals surface area contributed by atoms with E-state index in [4.69, 9.17) is 15.2 Å². The monoisotopic (exact) mass is 481 g/mol. The van der Waals surface area contributed by atoms with Crippen LogP contribution < -0.4 is 5.32 Å². The molecule has 1 fully saturated rings. The minimum atomic E-state index is 0.322. The van der Waals surface area contributed by atoms with Crippen LogP contribution in [0.1, 0.15) is 69.0 Å². The van der Waals surface area contributed by atoms with Crippen LogP contribution in [0.5, 0.6) is 0 Å². The first-order valence-electron chi connectivity index (χ1n) is 13.4. The number of rotatable bonds is 6. The summed E-state index contributed by atoms with van der Waals surface area (Å²) in [6.45, 7) is 3.19. The molecule has 7 nitrogen and oxygen atoms in total. The molecule has 0 aliphatic heterocycles. The van der Waals surface area contributed by atoms with Gasteiger partial charge < -0.3 is 5.32 Å². The maximum atomic E-state index is 5.01. The van der Waals surface area contributed by atoms with E-state index in [1.54, 1.807) is 0 Å². The molecule has 0 bridgehead atoms. The van der Waals surface area contributed by atoms with Crippen molar-refractivity contribution in [2.75, 3.05) is 5.32 Å². The Kier molecular flexibility index (Phi) is 6.30. The number of nitrogens with one attached hydrogen (secondary N) is 1. The van der Waals surface area contributed by atoms with Gasteiger partial charge in [0.2, 0.25) is 5.95 Å². The third kappa shape index (κ3) is 4.54. The van der Waals surface area contributed by atoms with Crippen LogP contribution in [0.2, 0.25) is 0 Å². The summed E-state index contributed by atoms with van der Waals surface area (Å²) in [5.41, 5.74) is 6.62. The topological polar surface area (TPSA) is 73.5 Å². The average Bonchev–Trinajstić information content (AvgIpc) is 3.36. The van der Waals surface area contributed by atoms with Crippen LogP contribution in [-0.2, 0) is 20.0 Å². The van der Waals surface area contributed by atoms with Gasteiger partial charge in [0.15, 0.2) is 5.82 Å². The molecule has 0 saturated heterocycles. The van der Waals surface area contributed by atoms with Crippen LogP contribution in [0.25, 0.3) is 22.5 Å². The van der Waals surface area contributed by atoms with E-state index in [-0.39, 0.29) is 0 Å². The van der Waals surface area contributed by atoms with Crippen molar-refractivity contribution in [1.82, 2.24) is 29.5 Å². The van der Waals surface area contributed by atoms with Crippen LogP contribution in [0.15, 0.2) is 48.8 Å². The fraction of sp³-hybridized carbons (Fsp3) is 0.448. The van der Waals surface area contributed by atoms with E-state index in [9.17, 15) is 0 Å². The van der Waals surface area contributed by atoms with E-state index in [1.165, 1.54) is 50.5 Å². The SMILES string of the molecule is C[C@@H]1Cc2nn(C)c(-c3ccccc3)c2-c2nc(Nc3ccn(CCC4CCCCCC4)n3)ncc21. The minimum Gasteiger partial charge on any atom is -0.307 e. The molecular formula is C29H35N7. The average molecular weight is 482 g/mol. The van der Waals surface area contributed by atoms with Gasteiger partial charge in [-0.3, -0.25) is 9.36 Å². The molecule has 1 N–H and O–H groups in total. The van der Waals surface area contributed by atoms with Crippen molar-refractivity contribution in [3.63, 3.8) is 0 Å². The molecule has 1 aromatic carbocycles. The summed E-state index contributed by atoms with van der Waals surface area (Å²) in [7, 11) is 2.02. The van der Waals surface area contributed by atoms with Crippen molar-refractivity contribution < 1.29 is 0 Å². The Morgan fingerprint density at radius 1 is 1.00 bits per heavy atom. The number of aryl methyl sites for hydroxylation is 2. The lowest BCUT2D eigenvalue weighted by atomic mass is 9.85. The zero-order chi connectivity index (χ0) is 24.5. The van der Waals surface area contributed by atoms with Gasteiger partial charge >= 0.3 is 0 Å². The Balaban J connectivity index is 1.24. The molecule has 3 heterocycles. The molecule has 0 unspecified atom stereocenters. The summed E-state index contributed by atoms with van der Waals surface area (Å²) in [5, 5.41) is 13.0. The number of aromatic nitrogens is 6. The molecule has 1 atom stereocenters. The first-order valence-corrected chi connectivity index (χ1v) is 13.4. The van der Waals surface area contributed by atoms with E-state index >= 15 is 0 Å². The molecule has 3 aromatic heterocycles. The second-order valence-corrected chi connectivity index (χ2v) is 10.5. The highest BCUT2D eigenvalue weighted by Crippen LogP contribution is 2.43. The maximum Gasteiger partial charge on any atom is 0.228 e. The standard InChI is InChI=1S/C29H35N7/c1-20-18-24-26(28(35(2)33-24)22-12-8-5-9-13-22)27-23(20)19-30-29(32-27)31-25-15-17-36(34-25)16-14-21-10-6-3-4-7-11-21/h5,8-9,12-13,15,17,19-21H,3-4,6-7,10-11,14,16,18H2,1-2H3,(H,30,31,32,34)/t20-/m1/s1.